The summed E-state index contributed by atoms with van der Waals surface area (Å²) in [6.07, 6.45) is 0.623. The second-order valence-corrected chi connectivity index (χ2v) is 14.3. The van der Waals surface area contributed by atoms with Crippen molar-refractivity contribution in [2.75, 3.05) is 47.6 Å². The summed E-state index contributed by atoms with van der Waals surface area (Å²) in [5.41, 5.74) is 0.795. The molecule has 54 heavy (non-hydrogen) atoms. The van der Waals surface area contributed by atoms with Crippen LogP contribution in [0.5, 0.6) is 11.5 Å². The molecule has 1 unspecified atom stereocenters. The third-order valence-corrected chi connectivity index (χ3v) is 11.4. The lowest BCUT2D eigenvalue weighted by molar-refractivity contribution is -0.120. The normalized spacial score (nSPS) is 17.7. The maximum atomic E-state index is 13.1. The Kier molecular flexibility index (Phi) is 14.6. The number of benzene rings is 3. The molecule has 14 heteroatoms. The summed E-state index contributed by atoms with van der Waals surface area (Å²) in [5, 5.41) is 2.64. The number of carbonyl (C=O) groups is 1. The standard InChI is InChI=1S/C40H51N4O9P/c1-7-43(8-2)54(51-24-12-15-36(45)41-4)53-34-25-37(44-26-28(3)38(46)42-39(44)47)52-35(34)27-50-40(29-13-10-9-11-14-29,30-16-20-32(48-5)21-17-30)31-18-22-33(49-6)23-19-31/h9-11,13-14,16-23,26,34-35,37H,7-8,12,15,24-25,27H2,1-6H3,(H,41,45)(H,42,46,47)/t34-,35+,37+,54?/m0/s1. The van der Waals surface area contributed by atoms with E-state index in [-0.39, 0.29) is 18.9 Å². The van der Waals surface area contributed by atoms with Gasteiger partial charge in [0.05, 0.1) is 33.5 Å². The van der Waals surface area contributed by atoms with Crippen LogP contribution in [0.1, 0.15) is 61.6 Å². The smallest absolute Gasteiger partial charge is 0.330 e. The van der Waals surface area contributed by atoms with Crippen LogP contribution in [0.15, 0.2) is 94.6 Å². The zero-order valence-electron chi connectivity index (χ0n) is 31.8. The zero-order valence-corrected chi connectivity index (χ0v) is 32.7. The Morgan fingerprint density at radius 3 is 2.09 bits per heavy atom. The van der Waals surface area contributed by atoms with Gasteiger partial charge in [-0.05, 0) is 54.3 Å². The first-order chi connectivity index (χ1) is 26.2. The first-order valence-corrected chi connectivity index (χ1v) is 19.3. The molecule has 0 bridgehead atoms. The quantitative estimate of drug-likeness (QED) is 0.0699. The molecule has 13 nitrogen and oxygen atoms in total. The Morgan fingerprint density at radius 2 is 1.54 bits per heavy atom. The van der Waals surface area contributed by atoms with Gasteiger partial charge in [0.15, 0.2) is 0 Å². The molecule has 0 spiro atoms. The number of hydrogen-bond acceptors (Lipinski definition) is 10. The Balaban J connectivity index is 1.55. The lowest BCUT2D eigenvalue weighted by Gasteiger charge is -2.37. The maximum absolute atomic E-state index is 13.1. The van der Waals surface area contributed by atoms with Gasteiger partial charge in [-0.15, -0.1) is 0 Å². The number of carbonyl (C=O) groups excluding carboxylic acids is 1. The molecule has 4 atom stereocenters. The molecular formula is C40H51N4O9P. The van der Waals surface area contributed by atoms with Crippen molar-refractivity contribution < 1.29 is 32.8 Å². The van der Waals surface area contributed by atoms with Gasteiger partial charge in [-0.2, -0.15) is 0 Å². The van der Waals surface area contributed by atoms with Crippen LogP contribution in [0.2, 0.25) is 0 Å². The number of H-pyrrole nitrogens is 1. The molecule has 4 aromatic rings. The average molecular weight is 763 g/mol. The second-order valence-electron chi connectivity index (χ2n) is 12.8. The summed E-state index contributed by atoms with van der Waals surface area (Å²) in [6, 6.07) is 25.5. The van der Waals surface area contributed by atoms with Gasteiger partial charge < -0.3 is 33.3 Å². The van der Waals surface area contributed by atoms with Crippen molar-refractivity contribution in [1.82, 2.24) is 19.5 Å². The molecule has 0 saturated carbocycles. The van der Waals surface area contributed by atoms with Gasteiger partial charge >= 0.3 is 5.69 Å². The number of ether oxygens (including phenoxy) is 4. The molecule has 1 fully saturated rings. The molecule has 1 amide bonds. The summed E-state index contributed by atoms with van der Waals surface area (Å²) in [7, 11) is 3.27. The van der Waals surface area contributed by atoms with E-state index >= 15 is 0 Å². The molecule has 1 aromatic heterocycles. The van der Waals surface area contributed by atoms with E-state index in [9.17, 15) is 14.4 Å². The summed E-state index contributed by atoms with van der Waals surface area (Å²) in [5.74, 6) is 1.34. The van der Waals surface area contributed by atoms with Gasteiger partial charge in [-0.3, -0.25) is 19.1 Å². The summed E-state index contributed by atoms with van der Waals surface area (Å²) in [6.45, 7) is 7.40. The van der Waals surface area contributed by atoms with Crippen LogP contribution in [0.25, 0.3) is 0 Å². The molecule has 2 heterocycles. The lowest BCUT2D eigenvalue weighted by atomic mass is 9.80. The van der Waals surface area contributed by atoms with E-state index in [1.54, 1.807) is 28.2 Å². The van der Waals surface area contributed by atoms with Crippen LogP contribution in [-0.2, 0) is 28.9 Å². The second kappa shape index (κ2) is 19.3. The van der Waals surface area contributed by atoms with E-state index in [1.165, 1.54) is 10.8 Å². The van der Waals surface area contributed by atoms with Gasteiger partial charge in [0, 0.05) is 44.7 Å². The number of methoxy groups -OCH3 is 2. The number of aryl methyl sites for hydroxylation is 1. The van der Waals surface area contributed by atoms with E-state index in [4.69, 9.17) is 28.0 Å². The Hall–Kier alpha value is -4.36. The Bertz CT molecular complexity index is 1850. The number of hydrogen-bond donors (Lipinski definition) is 2. The highest BCUT2D eigenvalue weighted by Gasteiger charge is 2.44. The molecule has 290 valence electrons. The van der Waals surface area contributed by atoms with Crippen molar-refractivity contribution in [3.63, 3.8) is 0 Å². The minimum atomic E-state index is -1.59. The van der Waals surface area contributed by atoms with Gasteiger partial charge in [0.2, 0.25) is 5.91 Å². The number of nitrogens with zero attached hydrogens (tertiary/aromatic N) is 2. The van der Waals surface area contributed by atoms with Crippen molar-refractivity contribution in [1.29, 1.82) is 0 Å². The van der Waals surface area contributed by atoms with Crippen molar-refractivity contribution in [3.8, 4) is 11.5 Å². The number of nitrogens with one attached hydrogen (secondary N) is 2. The van der Waals surface area contributed by atoms with Crippen LogP contribution in [0.4, 0.5) is 0 Å². The lowest BCUT2D eigenvalue weighted by Crippen LogP contribution is -2.39. The van der Waals surface area contributed by atoms with Crippen molar-refractivity contribution >= 4 is 14.4 Å². The van der Waals surface area contributed by atoms with E-state index < -0.39 is 43.8 Å². The highest BCUT2D eigenvalue weighted by molar-refractivity contribution is 7.44. The topological polar surface area (TPSA) is 143 Å². The van der Waals surface area contributed by atoms with E-state index in [1.807, 2.05) is 92.7 Å². The van der Waals surface area contributed by atoms with Gasteiger partial charge in [-0.1, -0.05) is 68.4 Å². The molecule has 5 rings (SSSR count). The number of amides is 1. The van der Waals surface area contributed by atoms with Crippen LogP contribution >= 0.6 is 8.53 Å². The van der Waals surface area contributed by atoms with Gasteiger partial charge in [0.1, 0.15) is 29.4 Å². The molecule has 3 aromatic carbocycles. The van der Waals surface area contributed by atoms with Gasteiger partial charge in [-0.25, -0.2) is 9.46 Å². The third-order valence-electron chi connectivity index (χ3n) is 9.49. The Morgan fingerprint density at radius 1 is 0.944 bits per heavy atom. The van der Waals surface area contributed by atoms with Crippen molar-refractivity contribution in [2.45, 2.75) is 64.1 Å². The molecule has 1 aliphatic heterocycles. The predicted octanol–water partition coefficient (Wildman–Crippen LogP) is 5.66. The molecule has 0 aliphatic carbocycles. The summed E-state index contributed by atoms with van der Waals surface area (Å²) < 4.78 is 41.6. The first kappa shape index (κ1) is 40.8. The average Bonchev–Trinajstić information content (AvgIpc) is 3.61. The summed E-state index contributed by atoms with van der Waals surface area (Å²) >= 11 is 0. The fourth-order valence-corrected chi connectivity index (χ4v) is 8.02. The molecule has 2 N–H and O–H groups in total. The molecule has 0 radical (unpaired) electrons. The molecule has 1 saturated heterocycles. The maximum Gasteiger partial charge on any atom is 0.330 e. The molecular weight excluding hydrogens is 711 g/mol. The SMILES string of the molecule is CCN(CC)P(OCCCC(=O)NC)O[C@H]1C[C@H](n2cc(C)c(=O)[nH]c2=O)O[C@@H]1COC(c1ccccc1)(c1ccc(OC)cc1)c1ccc(OC)cc1. The summed E-state index contributed by atoms with van der Waals surface area (Å²) in [4.78, 5) is 39.7. The van der Waals surface area contributed by atoms with Crippen molar-refractivity contribution in [3.05, 3.63) is 128 Å². The van der Waals surface area contributed by atoms with E-state index in [0.29, 0.717) is 49.6 Å². The fraction of sp³-hybridized carbons (Fsp3) is 0.425. The third kappa shape index (κ3) is 9.46. The monoisotopic (exact) mass is 762 g/mol. The van der Waals surface area contributed by atoms with Crippen LogP contribution in [0, 0.1) is 6.92 Å². The number of aromatic nitrogens is 2. The van der Waals surface area contributed by atoms with Crippen molar-refractivity contribution in [2.24, 2.45) is 0 Å². The zero-order chi connectivity index (χ0) is 38.7. The molecule has 1 aliphatic rings. The first-order valence-electron chi connectivity index (χ1n) is 18.2. The Labute approximate surface area is 317 Å². The van der Waals surface area contributed by atoms with Crippen LogP contribution < -0.4 is 26.0 Å². The largest absolute Gasteiger partial charge is 0.497 e. The van der Waals surface area contributed by atoms with Gasteiger partial charge in [0.25, 0.3) is 14.1 Å². The highest BCUT2D eigenvalue weighted by Crippen LogP contribution is 2.48. The highest BCUT2D eigenvalue weighted by atomic mass is 31.2. The number of aromatic amines is 1. The van der Waals surface area contributed by atoms with E-state index in [2.05, 4.69) is 15.0 Å². The van der Waals surface area contributed by atoms with Crippen LogP contribution in [0.3, 0.4) is 0 Å². The van der Waals surface area contributed by atoms with E-state index in [0.717, 1.165) is 16.7 Å². The fourth-order valence-electron chi connectivity index (χ4n) is 6.46. The minimum absolute atomic E-state index is 0.0449. The predicted molar refractivity (Wildman–Crippen MR) is 207 cm³/mol. The minimum Gasteiger partial charge on any atom is -0.497 e. The van der Waals surface area contributed by atoms with Crippen LogP contribution in [-0.4, -0.2) is 79.9 Å². The number of rotatable bonds is 19.